The molecular formula is C22H26ClFO5. The minimum absolute atomic E-state index is 0.0934. The smallest absolute Gasteiger partial charge is 0.119 e. The van der Waals surface area contributed by atoms with Crippen LogP contribution in [-0.4, -0.2) is 52.5 Å². The minimum Gasteiger partial charge on any atom is -0.491 e. The van der Waals surface area contributed by atoms with Crippen LogP contribution in [-0.2, 0) is 11.2 Å². The number of hydrogen-bond donors (Lipinski definition) is 3. The molecule has 0 bridgehead atoms. The van der Waals surface area contributed by atoms with E-state index in [9.17, 15) is 19.7 Å². The predicted octanol–water partition coefficient (Wildman–Crippen LogP) is 3.21. The molecule has 1 aliphatic rings. The first kappa shape index (κ1) is 22.0. The lowest BCUT2D eigenvalue weighted by Gasteiger charge is -2.40. The predicted molar refractivity (Wildman–Crippen MR) is 108 cm³/mol. The third kappa shape index (κ3) is 5.08. The molecule has 0 amide bonds. The first-order valence-electron chi connectivity index (χ1n) is 9.59. The second-order valence-electron chi connectivity index (χ2n) is 7.56. The molecule has 5 nitrogen and oxygen atoms in total. The van der Waals surface area contributed by atoms with Crippen molar-refractivity contribution in [1.82, 2.24) is 0 Å². The molecule has 1 saturated heterocycles. The Hall–Kier alpha value is -1.70. The Balaban J connectivity index is 1.81. The maximum absolute atomic E-state index is 13.2. The fourth-order valence-corrected chi connectivity index (χ4v) is 3.62. The Morgan fingerprint density at radius 2 is 1.72 bits per heavy atom. The number of hydrogen-bond acceptors (Lipinski definition) is 5. The van der Waals surface area contributed by atoms with Crippen LogP contribution in [0.5, 0.6) is 5.75 Å². The van der Waals surface area contributed by atoms with Gasteiger partial charge in [-0.05, 0) is 55.2 Å². The van der Waals surface area contributed by atoms with Gasteiger partial charge in [0.1, 0.15) is 42.9 Å². The van der Waals surface area contributed by atoms with E-state index >= 15 is 0 Å². The van der Waals surface area contributed by atoms with Crippen LogP contribution >= 0.6 is 11.6 Å². The minimum atomic E-state index is -1.50. The van der Waals surface area contributed by atoms with Crippen LogP contribution < -0.4 is 4.74 Å². The second kappa shape index (κ2) is 9.41. The van der Waals surface area contributed by atoms with Crippen molar-refractivity contribution in [3.63, 3.8) is 0 Å². The van der Waals surface area contributed by atoms with Crippen molar-refractivity contribution in [3.8, 4) is 5.75 Å². The molecule has 0 aromatic heterocycles. The molecule has 1 aliphatic heterocycles. The fraction of sp³-hybridized carbons (Fsp3) is 0.455. The average molecular weight is 425 g/mol. The van der Waals surface area contributed by atoms with Gasteiger partial charge in [-0.25, -0.2) is 4.39 Å². The summed E-state index contributed by atoms with van der Waals surface area (Å²) in [5.74, 6) is 0.784. The number of benzene rings is 2. The summed E-state index contributed by atoms with van der Waals surface area (Å²) in [6, 6.07) is 12.8. The van der Waals surface area contributed by atoms with Gasteiger partial charge in [-0.1, -0.05) is 35.9 Å². The zero-order valence-corrected chi connectivity index (χ0v) is 17.1. The first-order valence-corrected chi connectivity index (χ1v) is 9.97. The van der Waals surface area contributed by atoms with E-state index in [1.54, 1.807) is 18.2 Å². The second-order valence-corrected chi connectivity index (χ2v) is 7.97. The first-order chi connectivity index (χ1) is 13.8. The molecule has 158 valence electrons. The molecule has 0 spiro atoms. The van der Waals surface area contributed by atoms with Gasteiger partial charge in [0.15, 0.2) is 0 Å². The molecule has 3 N–H and O–H groups in total. The van der Waals surface area contributed by atoms with E-state index in [4.69, 9.17) is 21.1 Å². The van der Waals surface area contributed by atoms with E-state index in [0.29, 0.717) is 17.0 Å². The Kier molecular flexibility index (Phi) is 7.14. The molecule has 5 atom stereocenters. The lowest BCUT2D eigenvalue weighted by Crippen LogP contribution is -2.54. The summed E-state index contributed by atoms with van der Waals surface area (Å²) in [5.41, 5.74) is 2.37. The van der Waals surface area contributed by atoms with Gasteiger partial charge in [-0.2, -0.15) is 0 Å². The van der Waals surface area contributed by atoms with Gasteiger partial charge in [-0.3, -0.25) is 0 Å². The van der Waals surface area contributed by atoms with E-state index < -0.39 is 37.2 Å². The molecule has 0 saturated carbocycles. The molecule has 7 heteroatoms. The standard InChI is InChI=1S/C22H26ClFO5/c1-12(2)28-16-6-3-13(4-7-16)9-15-10-14(5-8-17(15)23)22-21(27)20(26)19(25)18(11-24)29-22/h3-8,10,12,18-22,25-27H,9,11H2,1-2H3/t18-,19-,20+,21?,22+/m1/s1. The maximum atomic E-state index is 13.2. The summed E-state index contributed by atoms with van der Waals surface area (Å²) in [4.78, 5) is 0. The third-order valence-corrected chi connectivity index (χ3v) is 5.32. The van der Waals surface area contributed by atoms with E-state index in [1.807, 2.05) is 38.1 Å². The van der Waals surface area contributed by atoms with E-state index in [1.165, 1.54) is 0 Å². The third-order valence-electron chi connectivity index (χ3n) is 4.95. The largest absolute Gasteiger partial charge is 0.491 e. The molecule has 0 aliphatic carbocycles. The summed E-state index contributed by atoms with van der Waals surface area (Å²) >= 11 is 6.35. The normalized spacial score (nSPS) is 27.2. The molecule has 3 rings (SSSR count). The lowest BCUT2D eigenvalue weighted by molar-refractivity contribution is -0.227. The summed E-state index contributed by atoms with van der Waals surface area (Å²) in [7, 11) is 0. The number of halogens is 2. The zero-order chi connectivity index (χ0) is 21.1. The molecule has 2 aromatic rings. The molecule has 0 radical (unpaired) electrons. The van der Waals surface area contributed by atoms with Gasteiger partial charge in [-0.15, -0.1) is 0 Å². The van der Waals surface area contributed by atoms with E-state index in [0.717, 1.165) is 16.9 Å². The Labute approximate surface area is 174 Å². The Morgan fingerprint density at radius 3 is 2.34 bits per heavy atom. The van der Waals surface area contributed by atoms with Crippen molar-refractivity contribution in [2.24, 2.45) is 0 Å². The summed E-state index contributed by atoms with van der Waals surface area (Å²) in [6.45, 7) is 2.96. The zero-order valence-electron chi connectivity index (χ0n) is 16.3. The highest BCUT2D eigenvalue weighted by Gasteiger charge is 2.44. The SMILES string of the molecule is CC(C)Oc1ccc(Cc2cc([C@@H]3O[C@H](CF)[C@@H](O)[C@H](O)C3O)ccc2Cl)cc1. The van der Waals surface area contributed by atoms with Gasteiger partial charge in [0.05, 0.1) is 6.10 Å². The molecule has 2 aromatic carbocycles. The van der Waals surface area contributed by atoms with E-state index in [2.05, 4.69) is 0 Å². The molecular weight excluding hydrogens is 399 g/mol. The highest BCUT2D eigenvalue weighted by atomic mass is 35.5. The monoisotopic (exact) mass is 424 g/mol. The fourth-order valence-electron chi connectivity index (χ4n) is 3.44. The van der Waals surface area contributed by atoms with Crippen molar-refractivity contribution in [1.29, 1.82) is 0 Å². The van der Waals surface area contributed by atoms with Crippen LogP contribution in [0.2, 0.25) is 5.02 Å². The molecule has 1 unspecified atom stereocenters. The van der Waals surface area contributed by atoms with Crippen LogP contribution in [0.3, 0.4) is 0 Å². The molecule has 29 heavy (non-hydrogen) atoms. The number of alkyl halides is 1. The van der Waals surface area contributed by atoms with Gasteiger partial charge in [0.2, 0.25) is 0 Å². The topological polar surface area (TPSA) is 79.2 Å². The summed E-state index contributed by atoms with van der Waals surface area (Å²) in [5, 5.41) is 30.7. The highest BCUT2D eigenvalue weighted by molar-refractivity contribution is 6.31. The van der Waals surface area contributed by atoms with Crippen molar-refractivity contribution >= 4 is 11.6 Å². The average Bonchev–Trinajstić information content (AvgIpc) is 2.69. The quantitative estimate of drug-likeness (QED) is 0.663. The van der Waals surface area contributed by atoms with Crippen LogP contribution in [0.4, 0.5) is 4.39 Å². The van der Waals surface area contributed by atoms with Crippen LogP contribution in [0, 0.1) is 0 Å². The number of aliphatic hydroxyl groups excluding tert-OH is 3. The van der Waals surface area contributed by atoms with E-state index in [-0.39, 0.29) is 6.10 Å². The van der Waals surface area contributed by atoms with Gasteiger partial charge < -0.3 is 24.8 Å². The van der Waals surface area contributed by atoms with Gasteiger partial charge in [0.25, 0.3) is 0 Å². The van der Waals surface area contributed by atoms with Gasteiger partial charge in [0, 0.05) is 5.02 Å². The lowest BCUT2D eigenvalue weighted by atomic mass is 9.90. The number of rotatable bonds is 6. The van der Waals surface area contributed by atoms with Crippen molar-refractivity contribution in [2.45, 2.75) is 56.9 Å². The Morgan fingerprint density at radius 1 is 1.03 bits per heavy atom. The maximum Gasteiger partial charge on any atom is 0.119 e. The molecule has 1 heterocycles. The van der Waals surface area contributed by atoms with Crippen molar-refractivity contribution in [3.05, 3.63) is 64.2 Å². The summed E-state index contributed by atoms with van der Waals surface area (Å²) in [6.07, 6.45) is -5.90. The summed E-state index contributed by atoms with van der Waals surface area (Å²) < 4.78 is 24.3. The van der Waals surface area contributed by atoms with Crippen molar-refractivity contribution in [2.75, 3.05) is 6.67 Å². The van der Waals surface area contributed by atoms with Gasteiger partial charge >= 0.3 is 0 Å². The van der Waals surface area contributed by atoms with Crippen molar-refractivity contribution < 1.29 is 29.2 Å². The van der Waals surface area contributed by atoms with Crippen LogP contribution in [0.1, 0.15) is 36.6 Å². The number of ether oxygens (including phenoxy) is 2. The number of aliphatic hydroxyl groups is 3. The Bertz CT molecular complexity index is 811. The highest BCUT2D eigenvalue weighted by Crippen LogP contribution is 2.34. The van der Waals surface area contributed by atoms with Crippen LogP contribution in [0.25, 0.3) is 0 Å². The van der Waals surface area contributed by atoms with Crippen LogP contribution in [0.15, 0.2) is 42.5 Å². The molecule has 1 fully saturated rings.